The number of hydrogen-bond donors (Lipinski definition) is 0. The zero-order valence-corrected chi connectivity index (χ0v) is 9.57. The summed E-state index contributed by atoms with van der Waals surface area (Å²) in [5.41, 5.74) is 2.23. The minimum atomic E-state index is 0.895. The van der Waals surface area contributed by atoms with Crippen molar-refractivity contribution in [2.75, 3.05) is 0 Å². The molecule has 1 aliphatic rings. The molecule has 0 bridgehead atoms. The summed E-state index contributed by atoms with van der Waals surface area (Å²) in [5.74, 6) is 1.93. The maximum absolute atomic E-state index is 5.77. The maximum atomic E-state index is 5.77. The summed E-state index contributed by atoms with van der Waals surface area (Å²) in [6.07, 6.45) is 8.27. The average Bonchev–Trinajstić information content (AvgIpc) is 2.31. The Labute approximate surface area is 96.8 Å². The zero-order chi connectivity index (χ0) is 11.4. The fourth-order valence-corrected chi connectivity index (χ4v) is 1.62. The van der Waals surface area contributed by atoms with Gasteiger partial charge in [0, 0.05) is 6.42 Å². The number of allylic oxidation sites excluding steroid dienone is 5. The van der Waals surface area contributed by atoms with Crippen LogP contribution in [0.5, 0.6) is 5.75 Å². The predicted molar refractivity (Wildman–Crippen MR) is 68.2 cm³/mol. The lowest BCUT2D eigenvalue weighted by Gasteiger charge is -2.11. The Morgan fingerprint density at radius 3 is 2.56 bits per heavy atom. The van der Waals surface area contributed by atoms with Gasteiger partial charge in [0.05, 0.1) is 0 Å². The van der Waals surface area contributed by atoms with Crippen LogP contribution >= 0.6 is 0 Å². The van der Waals surface area contributed by atoms with Gasteiger partial charge in [-0.15, -0.1) is 0 Å². The van der Waals surface area contributed by atoms with Gasteiger partial charge in [-0.3, -0.25) is 0 Å². The average molecular weight is 212 g/mol. The van der Waals surface area contributed by atoms with Crippen molar-refractivity contribution in [3.05, 3.63) is 60.4 Å². The maximum Gasteiger partial charge on any atom is 0.126 e. The van der Waals surface area contributed by atoms with Gasteiger partial charge in [0.15, 0.2) is 0 Å². The van der Waals surface area contributed by atoms with Crippen LogP contribution < -0.4 is 4.74 Å². The van der Waals surface area contributed by atoms with Gasteiger partial charge >= 0.3 is 0 Å². The Morgan fingerprint density at radius 1 is 1.25 bits per heavy atom. The van der Waals surface area contributed by atoms with E-state index in [1.807, 2.05) is 43.3 Å². The summed E-state index contributed by atoms with van der Waals surface area (Å²) < 4.78 is 5.77. The normalized spacial score (nSPS) is 14.4. The van der Waals surface area contributed by atoms with Crippen LogP contribution in [-0.4, -0.2) is 0 Å². The molecule has 0 saturated carbocycles. The van der Waals surface area contributed by atoms with Gasteiger partial charge in [-0.05, 0) is 37.1 Å². The molecule has 2 rings (SSSR count). The highest BCUT2D eigenvalue weighted by atomic mass is 16.5. The minimum absolute atomic E-state index is 0.895. The fourth-order valence-electron chi connectivity index (χ4n) is 1.62. The zero-order valence-electron chi connectivity index (χ0n) is 9.57. The van der Waals surface area contributed by atoms with E-state index in [9.17, 15) is 0 Å². The van der Waals surface area contributed by atoms with Crippen molar-refractivity contribution in [3.8, 4) is 5.75 Å². The summed E-state index contributed by atoms with van der Waals surface area (Å²) in [5, 5.41) is 0. The molecule has 1 aliphatic carbocycles. The number of ether oxygens (including phenoxy) is 1. The van der Waals surface area contributed by atoms with Crippen molar-refractivity contribution in [1.29, 1.82) is 0 Å². The molecule has 1 heteroatoms. The Hall–Kier alpha value is -1.76. The van der Waals surface area contributed by atoms with Crippen LogP contribution in [0.15, 0.2) is 54.8 Å². The predicted octanol–water partition coefficient (Wildman–Crippen LogP) is 4.33. The van der Waals surface area contributed by atoms with Crippen LogP contribution in [0.3, 0.4) is 0 Å². The van der Waals surface area contributed by atoms with Gasteiger partial charge in [0.25, 0.3) is 0 Å². The highest BCUT2D eigenvalue weighted by Crippen LogP contribution is 2.21. The first-order valence-electron chi connectivity index (χ1n) is 5.55. The van der Waals surface area contributed by atoms with Crippen molar-refractivity contribution in [1.82, 2.24) is 0 Å². The van der Waals surface area contributed by atoms with Gasteiger partial charge in [-0.2, -0.15) is 0 Å². The van der Waals surface area contributed by atoms with E-state index >= 15 is 0 Å². The van der Waals surface area contributed by atoms with Crippen molar-refractivity contribution in [2.24, 2.45) is 0 Å². The molecule has 0 N–H and O–H groups in total. The molecule has 0 saturated heterocycles. The van der Waals surface area contributed by atoms with Gasteiger partial charge in [-0.1, -0.05) is 36.4 Å². The first-order chi connectivity index (χ1) is 7.75. The lowest BCUT2D eigenvalue weighted by atomic mass is 10.1. The molecule has 0 amide bonds. The van der Waals surface area contributed by atoms with Crippen LogP contribution in [0.1, 0.15) is 25.3 Å². The summed E-state index contributed by atoms with van der Waals surface area (Å²) >= 11 is 0. The lowest BCUT2D eigenvalue weighted by molar-refractivity contribution is 0.402. The number of benzene rings is 1. The summed E-state index contributed by atoms with van der Waals surface area (Å²) in [6.45, 7) is 5.91. The third kappa shape index (κ3) is 2.63. The van der Waals surface area contributed by atoms with Crippen molar-refractivity contribution in [2.45, 2.75) is 19.8 Å². The molecule has 1 aromatic carbocycles. The molecule has 82 valence electrons. The second-order valence-electron chi connectivity index (χ2n) is 4.01. The molecule has 0 heterocycles. The van der Waals surface area contributed by atoms with Crippen LogP contribution in [0, 0.1) is 0 Å². The van der Waals surface area contributed by atoms with E-state index in [2.05, 4.69) is 12.7 Å². The Bertz CT molecular complexity index is 435. The molecule has 0 aliphatic heterocycles. The molecule has 1 aromatic rings. The Kier molecular flexibility index (Phi) is 3.25. The molecule has 0 spiro atoms. The molecule has 0 unspecified atom stereocenters. The monoisotopic (exact) mass is 212 g/mol. The number of hydrogen-bond acceptors (Lipinski definition) is 1. The minimum Gasteiger partial charge on any atom is -0.462 e. The third-order valence-electron chi connectivity index (χ3n) is 2.57. The second kappa shape index (κ2) is 4.84. The SMILES string of the molecule is C=C(C)c1ccc(OC2=CC=CCC2)cc1. The van der Waals surface area contributed by atoms with Gasteiger partial charge < -0.3 is 4.74 Å². The lowest BCUT2D eigenvalue weighted by Crippen LogP contribution is -1.97. The Morgan fingerprint density at radius 2 is 2.00 bits per heavy atom. The highest BCUT2D eigenvalue weighted by Gasteiger charge is 2.02. The topological polar surface area (TPSA) is 9.23 Å². The van der Waals surface area contributed by atoms with Crippen molar-refractivity contribution in [3.63, 3.8) is 0 Å². The van der Waals surface area contributed by atoms with Crippen LogP contribution in [0.4, 0.5) is 0 Å². The van der Waals surface area contributed by atoms with Gasteiger partial charge in [0.1, 0.15) is 11.5 Å². The van der Waals surface area contributed by atoms with Crippen molar-refractivity contribution >= 4 is 5.57 Å². The molecule has 1 nitrogen and oxygen atoms in total. The van der Waals surface area contributed by atoms with Crippen LogP contribution in [0.2, 0.25) is 0 Å². The molecule has 0 fully saturated rings. The molecular formula is C15H16O. The second-order valence-corrected chi connectivity index (χ2v) is 4.01. The van der Waals surface area contributed by atoms with E-state index in [4.69, 9.17) is 4.74 Å². The Balaban J connectivity index is 2.07. The van der Waals surface area contributed by atoms with E-state index in [1.54, 1.807) is 0 Å². The van der Waals surface area contributed by atoms with E-state index in [0.717, 1.165) is 35.5 Å². The largest absolute Gasteiger partial charge is 0.462 e. The summed E-state index contributed by atoms with van der Waals surface area (Å²) in [4.78, 5) is 0. The van der Waals surface area contributed by atoms with Crippen molar-refractivity contribution < 1.29 is 4.74 Å². The fraction of sp³-hybridized carbons (Fsp3) is 0.200. The van der Waals surface area contributed by atoms with E-state index in [-0.39, 0.29) is 0 Å². The quantitative estimate of drug-likeness (QED) is 0.724. The summed E-state index contributed by atoms with van der Waals surface area (Å²) in [6, 6.07) is 8.06. The molecule has 0 aromatic heterocycles. The highest BCUT2D eigenvalue weighted by molar-refractivity contribution is 5.61. The standard InChI is InChI=1S/C15H16O/c1-12(2)13-8-10-15(11-9-13)16-14-6-4-3-5-7-14/h3-4,6,8-11H,1,5,7H2,2H3. The summed E-state index contributed by atoms with van der Waals surface area (Å²) in [7, 11) is 0. The van der Waals surface area contributed by atoms with Crippen LogP contribution in [0.25, 0.3) is 5.57 Å². The molecule has 0 radical (unpaired) electrons. The number of rotatable bonds is 3. The first kappa shape index (κ1) is 10.7. The van der Waals surface area contributed by atoms with E-state index in [1.165, 1.54) is 0 Å². The van der Waals surface area contributed by atoms with E-state index in [0.29, 0.717) is 0 Å². The first-order valence-corrected chi connectivity index (χ1v) is 5.55. The molecular weight excluding hydrogens is 196 g/mol. The van der Waals surface area contributed by atoms with Gasteiger partial charge in [0.2, 0.25) is 0 Å². The molecule has 16 heavy (non-hydrogen) atoms. The van der Waals surface area contributed by atoms with Gasteiger partial charge in [-0.25, -0.2) is 0 Å². The van der Waals surface area contributed by atoms with E-state index < -0.39 is 0 Å². The molecule has 0 atom stereocenters. The third-order valence-corrected chi connectivity index (χ3v) is 2.57. The van der Waals surface area contributed by atoms with Crippen LogP contribution in [-0.2, 0) is 0 Å². The smallest absolute Gasteiger partial charge is 0.126 e.